The van der Waals surface area contributed by atoms with Crippen molar-refractivity contribution in [3.05, 3.63) is 48.5 Å². The van der Waals surface area contributed by atoms with Gasteiger partial charge in [0, 0.05) is 13.2 Å². The molecular formula is C22H28N5O9P. The Kier molecular flexibility index (Phi) is 7.90. The van der Waals surface area contributed by atoms with Crippen molar-refractivity contribution >= 4 is 30.5 Å². The molecule has 200 valence electrons. The lowest BCUT2D eigenvalue weighted by Gasteiger charge is -2.40. The zero-order valence-electron chi connectivity index (χ0n) is 20.1. The zero-order chi connectivity index (χ0) is 26.8. The summed E-state index contributed by atoms with van der Waals surface area (Å²) in [5.41, 5.74) is 3.99. The van der Waals surface area contributed by atoms with Crippen molar-refractivity contribution in [2.45, 2.75) is 37.8 Å². The van der Waals surface area contributed by atoms with Gasteiger partial charge < -0.3 is 39.6 Å². The molecule has 0 unspecified atom stereocenters. The number of fused-ring (bicyclic) bond motifs is 1. The van der Waals surface area contributed by atoms with Gasteiger partial charge in [0.05, 0.1) is 17.8 Å². The Morgan fingerprint density at radius 3 is 2.46 bits per heavy atom. The molecule has 5 N–H and O–H groups in total. The number of hydrogen-bond donors (Lipinski definition) is 4. The summed E-state index contributed by atoms with van der Waals surface area (Å²) < 4.78 is 36.7. The van der Waals surface area contributed by atoms with Crippen LogP contribution in [0.1, 0.15) is 30.4 Å². The highest BCUT2D eigenvalue weighted by molar-refractivity contribution is 7.53. The van der Waals surface area contributed by atoms with Crippen LogP contribution in [0.4, 0.5) is 5.82 Å². The maximum atomic E-state index is 12.8. The minimum absolute atomic E-state index is 0.0920. The van der Waals surface area contributed by atoms with Crippen molar-refractivity contribution in [3.8, 4) is 0 Å². The molecule has 0 spiro atoms. The number of nitrogens with two attached hydrogens (primary N) is 1. The van der Waals surface area contributed by atoms with E-state index in [4.69, 9.17) is 24.7 Å². The predicted octanol–water partition coefficient (Wildman–Crippen LogP) is 1.04. The van der Waals surface area contributed by atoms with Crippen LogP contribution in [0.3, 0.4) is 0 Å². The van der Waals surface area contributed by atoms with E-state index in [0.717, 1.165) is 0 Å². The lowest BCUT2D eigenvalue weighted by Crippen LogP contribution is -2.52. The number of ether oxygens (including phenoxy) is 4. The van der Waals surface area contributed by atoms with Crippen LogP contribution in [0.5, 0.6) is 0 Å². The van der Waals surface area contributed by atoms with Gasteiger partial charge in [-0.15, -0.1) is 0 Å². The van der Waals surface area contributed by atoms with Crippen LogP contribution < -0.4 is 5.73 Å². The van der Waals surface area contributed by atoms with E-state index < -0.39 is 50.1 Å². The second-order valence-corrected chi connectivity index (χ2v) is 9.88. The van der Waals surface area contributed by atoms with Crippen molar-refractivity contribution in [1.29, 1.82) is 0 Å². The van der Waals surface area contributed by atoms with Crippen molar-refractivity contribution in [2.24, 2.45) is 5.92 Å². The third-order valence-electron chi connectivity index (χ3n) is 5.95. The fourth-order valence-corrected chi connectivity index (χ4v) is 5.75. The number of aliphatic hydroxyl groups excluding tert-OH is 1. The lowest BCUT2D eigenvalue weighted by atomic mass is 9.96. The van der Waals surface area contributed by atoms with E-state index in [1.165, 1.54) is 31.1 Å². The monoisotopic (exact) mass is 537 g/mol. The molecule has 1 aliphatic rings. The van der Waals surface area contributed by atoms with Crippen molar-refractivity contribution in [3.63, 3.8) is 0 Å². The Hall–Kier alpha value is -2.97. The zero-order valence-corrected chi connectivity index (χ0v) is 21.0. The summed E-state index contributed by atoms with van der Waals surface area (Å²) >= 11 is 0. The van der Waals surface area contributed by atoms with E-state index in [2.05, 4.69) is 15.0 Å². The number of anilines is 1. The predicted molar refractivity (Wildman–Crippen MR) is 128 cm³/mol. The maximum Gasteiger partial charge on any atom is 0.385 e. The van der Waals surface area contributed by atoms with Gasteiger partial charge in [-0.2, -0.15) is 0 Å². The van der Waals surface area contributed by atoms with E-state index in [1.54, 1.807) is 30.3 Å². The van der Waals surface area contributed by atoms with Crippen LogP contribution >= 0.6 is 7.60 Å². The van der Waals surface area contributed by atoms with Crippen molar-refractivity contribution in [1.82, 2.24) is 19.5 Å². The van der Waals surface area contributed by atoms with Gasteiger partial charge in [-0.05, 0) is 26.0 Å². The first-order valence-electron chi connectivity index (χ1n) is 11.5. The topological polar surface area (TPSA) is 201 Å². The van der Waals surface area contributed by atoms with Crippen LogP contribution in [0.15, 0.2) is 43.0 Å². The molecule has 4 rings (SSSR count). The standard InChI is InChI=1S/C22H28N5O9P/c1-3-34-22(35-4-2,37(30,31)32)15-14(10-33-21(29)13-8-6-5-7-9-13)36-20(17(15)28)27-12-26-16-18(23)24-11-25-19(16)27/h5-9,11-12,14-15,17,20,28H,3-4,10H2,1-2H3,(H2,23,24,25)(H2,30,31,32)/t14-,15-,17-,20-/m1/s1. The molecule has 1 aromatic carbocycles. The summed E-state index contributed by atoms with van der Waals surface area (Å²) in [6.45, 7) is 2.26. The largest absolute Gasteiger partial charge is 0.459 e. The molecule has 14 nitrogen and oxygen atoms in total. The molecule has 1 fully saturated rings. The number of aliphatic hydroxyl groups is 1. The minimum Gasteiger partial charge on any atom is -0.459 e. The number of imidazole rings is 1. The highest BCUT2D eigenvalue weighted by Crippen LogP contribution is 2.60. The number of nitrogens with zero attached hydrogens (tertiary/aromatic N) is 4. The normalized spacial score (nSPS) is 22.4. The number of nitrogen functional groups attached to an aromatic ring is 1. The van der Waals surface area contributed by atoms with Crippen LogP contribution in [0, 0.1) is 5.92 Å². The van der Waals surface area contributed by atoms with E-state index in [1.807, 2.05) is 0 Å². The van der Waals surface area contributed by atoms with Gasteiger partial charge in [0.25, 0.3) is 5.53 Å². The van der Waals surface area contributed by atoms with Gasteiger partial charge in [0.1, 0.15) is 30.7 Å². The smallest absolute Gasteiger partial charge is 0.385 e. The fourth-order valence-electron chi connectivity index (χ4n) is 4.45. The first-order valence-corrected chi connectivity index (χ1v) is 13.1. The van der Waals surface area contributed by atoms with Gasteiger partial charge in [0.15, 0.2) is 17.7 Å². The first-order chi connectivity index (χ1) is 17.6. The van der Waals surface area contributed by atoms with E-state index in [9.17, 15) is 24.3 Å². The van der Waals surface area contributed by atoms with Gasteiger partial charge in [-0.3, -0.25) is 9.13 Å². The van der Waals surface area contributed by atoms with E-state index in [-0.39, 0.29) is 35.8 Å². The first kappa shape index (κ1) is 27.1. The van der Waals surface area contributed by atoms with Crippen LogP contribution in [-0.4, -0.2) is 77.9 Å². The van der Waals surface area contributed by atoms with Gasteiger partial charge in [-0.1, -0.05) is 18.2 Å². The Labute approximate surface area is 211 Å². The summed E-state index contributed by atoms with van der Waals surface area (Å²) in [6, 6.07) is 8.15. The Bertz CT molecular complexity index is 1280. The molecule has 3 heterocycles. The molecule has 4 atom stereocenters. The maximum absolute atomic E-state index is 12.8. The quantitative estimate of drug-likeness (QED) is 0.162. The summed E-state index contributed by atoms with van der Waals surface area (Å²) in [4.78, 5) is 45.6. The van der Waals surface area contributed by atoms with Gasteiger partial charge >= 0.3 is 13.6 Å². The third-order valence-corrected chi connectivity index (χ3v) is 7.32. The molecular weight excluding hydrogens is 509 g/mol. The molecule has 0 radical (unpaired) electrons. The third kappa shape index (κ3) is 4.97. The van der Waals surface area contributed by atoms with E-state index >= 15 is 0 Å². The average molecular weight is 537 g/mol. The Morgan fingerprint density at radius 1 is 1.16 bits per heavy atom. The minimum atomic E-state index is -5.22. The van der Waals surface area contributed by atoms with Crippen molar-refractivity contribution in [2.75, 3.05) is 25.6 Å². The second-order valence-electron chi connectivity index (χ2n) is 8.17. The molecule has 0 saturated carbocycles. The van der Waals surface area contributed by atoms with Crippen molar-refractivity contribution < 1.29 is 43.2 Å². The summed E-state index contributed by atoms with van der Waals surface area (Å²) in [5, 5.41) is 11.5. The molecule has 1 aliphatic heterocycles. The van der Waals surface area contributed by atoms with Crippen LogP contribution in [0.2, 0.25) is 0 Å². The Morgan fingerprint density at radius 2 is 1.84 bits per heavy atom. The molecule has 0 aliphatic carbocycles. The van der Waals surface area contributed by atoms with Crippen LogP contribution in [0.25, 0.3) is 11.2 Å². The molecule has 3 aromatic rings. The molecule has 2 aromatic heterocycles. The molecule has 1 saturated heterocycles. The number of rotatable bonds is 10. The molecule has 15 heteroatoms. The van der Waals surface area contributed by atoms with E-state index in [0.29, 0.717) is 0 Å². The number of hydrogen-bond acceptors (Lipinski definition) is 11. The Balaban J connectivity index is 1.75. The average Bonchev–Trinajstić information content (AvgIpc) is 3.44. The molecule has 0 amide bonds. The number of benzene rings is 1. The van der Waals surface area contributed by atoms with Gasteiger partial charge in [0.2, 0.25) is 0 Å². The summed E-state index contributed by atoms with van der Waals surface area (Å²) in [5.74, 6) is -2.10. The lowest BCUT2D eigenvalue weighted by molar-refractivity contribution is -0.235. The summed E-state index contributed by atoms with van der Waals surface area (Å²) in [7, 11) is -5.22. The number of carbonyl (C=O) groups is 1. The second kappa shape index (κ2) is 10.8. The number of aromatic nitrogens is 4. The fraction of sp³-hybridized carbons (Fsp3) is 0.455. The SMILES string of the molecule is CCOC(OCC)([C@H]1[C@@H](O)[C@H](n2cnc3c(N)ncnc32)O[C@@H]1COC(=O)c1ccccc1)P(=O)(O)O. The highest BCUT2D eigenvalue weighted by Gasteiger charge is 2.65. The number of esters is 1. The highest BCUT2D eigenvalue weighted by atomic mass is 31.2. The molecule has 37 heavy (non-hydrogen) atoms. The molecule has 0 bridgehead atoms. The van der Waals surface area contributed by atoms with Gasteiger partial charge in [-0.25, -0.2) is 19.7 Å². The number of carbonyl (C=O) groups excluding carboxylic acids is 1. The summed E-state index contributed by atoms with van der Waals surface area (Å²) in [6.07, 6.45) is -1.65. The van der Waals surface area contributed by atoms with Crippen LogP contribution in [-0.2, 0) is 23.5 Å².